The average molecular weight is 351 g/mol. The van der Waals surface area contributed by atoms with E-state index >= 15 is 0 Å². The number of nitrogens with zero attached hydrogens (tertiary/aromatic N) is 2. The van der Waals surface area contributed by atoms with Gasteiger partial charge in [-0.15, -0.1) is 11.8 Å². The van der Waals surface area contributed by atoms with Gasteiger partial charge in [0.25, 0.3) is 0 Å². The summed E-state index contributed by atoms with van der Waals surface area (Å²) in [6.45, 7) is 5.29. The molecule has 0 saturated carbocycles. The van der Waals surface area contributed by atoms with E-state index in [0.29, 0.717) is 12.3 Å². The van der Waals surface area contributed by atoms with E-state index in [0.717, 1.165) is 25.2 Å². The Kier molecular flexibility index (Phi) is 5.84. The van der Waals surface area contributed by atoms with Gasteiger partial charge in [-0.1, -0.05) is 6.42 Å². The minimum absolute atomic E-state index is 0.0549. The lowest BCUT2D eigenvalue weighted by Crippen LogP contribution is -2.48. The topological polar surface area (TPSA) is 65.8 Å². The number of hydrogen-bond acceptors (Lipinski definition) is 5. The molecule has 0 spiro atoms. The van der Waals surface area contributed by atoms with Crippen LogP contribution in [-0.2, 0) is 9.59 Å². The summed E-state index contributed by atoms with van der Waals surface area (Å²) in [7, 11) is 0. The van der Waals surface area contributed by atoms with Crippen molar-refractivity contribution in [2.75, 3.05) is 31.9 Å². The van der Waals surface area contributed by atoms with Gasteiger partial charge in [0.2, 0.25) is 11.8 Å². The van der Waals surface area contributed by atoms with Crippen LogP contribution in [0.3, 0.4) is 0 Å². The van der Waals surface area contributed by atoms with E-state index in [9.17, 15) is 9.59 Å². The molecule has 0 radical (unpaired) electrons. The van der Waals surface area contributed by atoms with Gasteiger partial charge in [0.1, 0.15) is 11.4 Å². The van der Waals surface area contributed by atoms with Crippen molar-refractivity contribution in [3.63, 3.8) is 0 Å². The van der Waals surface area contributed by atoms with Gasteiger partial charge in [0.15, 0.2) is 0 Å². The Balaban J connectivity index is 1.54. The number of carbonyl (C=O) groups is 2. The third-order valence-electron chi connectivity index (χ3n) is 4.67. The Morgan fingerprint density at radius 2 is 2.12 bits per heavy atom. The van der Waals surface area contributed by atoms with E-state index in [1.165, 1.54) is 26.2 Å². The highest BCUT2D eigenvalue weighted by Crippen LogP contribution is 2.41. The lowest BCUT2D eigenvalue weighted by molar-refractivity contribution is -0.138. The summed E-state index contributed by atoms with van der Waals surface area (Å²) in [5.74, 6) is 0.480. The predicted molar refractivity (Wildman–Crippen MR) is 93.5 cm³/mol. The van der Waals surface area contributed by atoms with Gasteiger partial charge in [0, 0.05) is 31.3 Å². The average Bonchev–Trinajstić information content (AvgIpc) is 3.24. The fourth-order valence-corrected chi connectivity index (χ4v) is 4.86. The first-order valence-corrected chi connectivity index (χ1v) is 9.64. The quantitative estimate of drug-likeness (QED) is 0.877. The van der Waals surface area contributed by atoms with Crippen LogP contribution < -0.4 is 5.32 Å². The number of likely N-dealkylation sites (tertiary alicyclic amines) is 1. The lowest BCUT2D eigenvalue weighted by Gasteiger charge is -2.28. The van der Waals surface area contributed by atoms with Crippen LogP contribution in [0.2, 0.25) is 0 Å². The van der Waals surface area contributed by atoms with Crippen molar-refractivity contribution >= 4 is 23.6 Å². The van der Waals surface area contributed by atoms with Gasteiger partial charge in [-0.3, -0.25) is 9.59 Å². The molecule has 3 heterocycles. The van der Waals surface area contributed by atoms with Gasteiger partial charge in [-0.25, -0.2) is 0 Å². The molecule has 132 valence electrons. The molecule has 24 heavy (non-hydrogen) atoms. The maximum absolute atomic E-state index is 12.6. The van der Waals surface area contributed by atoms with E-state index in [1.54, 1.807) is 29.2 Å². The molecule has 2 aliphatic rings. The standard InChI is InChI=1S/C17H25N3O3S/c1-13(21)20-15(12-24-17(20)14-5-10-23-11-14)16(22)18-6-9-19-7-3-2-4-8-19/h5,10-11,15,17H,2-4,6-9,12H2,1H3,(H,18,22). The van der Waals surface area contributed by atoms with Crippen LogP contribution in [0.25, 0.3) is 0 Å². The zero-order valence-corrected chi connectivity index (χ0v) is 14.9. The van der Waals surface area contributed by atoms with Crippen molar-refractivity contribution in [3.8, 4) is 0 Å². The lowest BCUT2D eigenvalue weighted by atomic mass is 10.1. The number of rotatable bonds is 5. The summed E-state index contributed by atoms with van der Waals surface area (Å²) in [6.07, 6.45) is 7.05. The number of piperidine rings is 1. The van der Waals surface area contributed by atoms with Crippen molar-refractivity contribution < 1.29 is 14.0 Å². The molecule has 2 saturated heterocycles. The summed E-state index contributed by atoms with van der Waals surface area (Å²) in [6, 6.07) is 1.44. The SMILES string of the molecule is CC(=O)N1C(C(=O)NCCN2CCCCC2)CSC1c1ccoc1. The second kappa shape index (κ2) is 8.07. The Morgan fingerprint density at radius 3 is 2.79 bits per heavy atom. The van der Waals surface area contributed by atoms with Crippen molar-refractivity contribution in [1.82, 2.24) is 15.1 Å². The first-order chi connectivity index (χ1) is 11.7. The van der Waals surface area contributed by atoms with E-state index in [1.807, 2.05) is 6.07 Å². The van der Waals surface area contributed by atoms with Crippen molar-refractivity contribution in [1.29, 1.82) is 0 Å². The monoisotopic (exact) mass is 351 g/mol. The van der Waals surface area contributed by atoms with Crippen LogP contribution >= 0.6 is 11.8 Å². The number of amides is 2. The van der Waals surface area contributed by atoms with Crippen molar-refractivity contribution in [3.05, 3.63) is 24.2 Å². The maximum atomic E-state index is 12.6. The summed E-state index contributed by atoms with van der Waals surface area (Å²) in [5.41, 5.74) is 0.929. The normalized spacial score (nSPS) is 25.0. The van der Waals surface area contributed by atoms with Crippen LogP contribution in [0.15, 0.2) is 23.0 Å². The third kappa shape index (κ3) is 3.95. The second-order valence-corrected chi connectivity index (χ2v) is 7.49. The van der Waals surface area contributed by atoms with Gasteiger partial charge >= 0.3 is 0 Å². The van der Waals surface area contributed by atoms with E-state index < -0.39 is 6.04 Å². The molecular weight excluding hydrogens is 326 g/mol. The molecule has 2 amide bonds. The number of furan rings is 1. The number of thioether (sulfide) groups is 1. The third-order valence-corrected chi connectivity index (χ3v) is 5.99. The summed E-state index contributed by atoms with van der Waals surface area (Å²) < 4.78 is 5.13. The zero-order chi connectivity index (χ0) is 16.9. The van der Waals surface area contributed by atoms with Crippen LogP contribution in [0.4, 0.5) is 0 Å². The summed E-state index contributed by atoms with van der Waals surface area (Å²) in [5, 5.41) is 2.87. The maximum Gasteiger partial charge on any atom is 0.243 e. The smallest absolute Gasteiger partial charge is 0.243 e. The molecule has 0 aromatic carbocycles. The van der Waals surface area contributed by atoms with E-state index in [4.69, 9.17) is 4.42 Å². The molecular formula is C17H25N3O3S. The molecule has 2 fully saturated rings. The first kappa shape index (κ1) is 17.4. The van der Waals surface area contributed by atoms with Crippen molar-refractivity contribution in [2.24, 2.45) is 0 Å². The minimum atomic E-state index is -0.409. The molecule has 3 rings (SSSR count). The highest BCUT2D eigenvalue weighted by molar-refractivity contribution is 7.99. The molecule has 7 heteroatoms. The molecule has 0 bridgehead atoms. The van der Waals surface area contributed by atoms with Gasteiger partial charge < -0.3 is 19.5 Å². The fourth-order valence-electron chi connectivity index (χ4n) is 3.40. The molecule has 1 N–H and O–H groups in total. The second-order valence-electron chi connectivity index (χ2n) is 6.38. The highest BCUT2D eigenvalue weighted by atomic mass is 32.2. The minimum Gasteiger partial charge on any atom is -0.472 e. The Labute approximate surface area is 146 Å². The van der Waals surface area contributed by atoms with Crippen LogP contribution in [0.1, 0.15) is 37.1 Å². The Hall–Kier alpha value is -1.47. The molecule has 6 nitrogen and oxygen atoms in total. The van der Waals surface area contributed by atoms with Crippen LogP contribution in [-0.4, -0.2) is 59.6 Å². The fraction of sp³-hybridized carbons (Fsp3) is 0.647. The van der Waals surface area contributed by atoms with E-state index in [-0.39, 0.29) is 17.2 Å². The predicted octanol–water partition coefficient (Wildman–Crippen LogP) is 1.84. The van der Waals surface area contributed by atoms with Crippen LogP contribution in [0, 0.1) is 0 Å². The summed E-state index contributed by atoms with van der Waals surface area (Å²) in [4.78, 5) is 28.7. The van der Waals surface area contributed by atoms with Gasteiger partial charge in [-0.05, 0) is 32.0 Å². The zero-order valence-electron chi connectivity index (χ0n) is 14.1. The summed E-state index contributed by atoms with van der Waals surface area (Å²) >= 11 is 1.61. The molecule has 1 aromatic rings. The van der Waals surface area contributed by atoms with Gasteiger partial charge in [-0.2, -0.15) is 0 Å². The molecule has 2 unspecified atom stereocenters. The number of hydrogen-bond donors (Lipinski definition) is 1. The first-order valence-electron chi connectivity index (χ1n) is 8.59. The van der Waals surface area contributed by atoms with Crippen molar-refractivity contribution in [2.45, 2.75) is 37.6 Å². The largest absolute Gasteiger partial charge is 0.472 e. The molecule has 2 aliphatic heterocycles. The Bertz CT molecular complexity index is 557. The highest BCUT2D eigenvalue weighted by Gasteiger charge is 2.41. The van der Waals surface area contributed by atoms with E-state index in [2.05, 4.69) is 10.2 Å². The number of carbonyl (C=O) groups excluding carboxylic acids is 2. The molecule has 1 aromatic heterocycles. The molecule has 0 aliphatic carbocycles. The Morgan fingerprint density at radius 1 is 1.33 bits per heavy atom. The molecule has 2 atom stereocenters. The van der Waals surface area contributed by atoms with Crippen LogP contribution in [0.5, 0.6) is 0 Å². The number of nitrogens with one attached hydrogen (secondary N) is 1. The van der Waals surface area contributed by atoms with Gasteiger partial charge in [0.05, 0.1) is 12.5 Å².